The van der Waals surface area contributed by atoms with Gasteiger partial charge in [-0.1, -0.05) is 12.1 Å². The first-order valence-electron chi connectivity index (χ1n) is 7.22. The number of likely N-dealkylation sites (tertiary alicyclic amines) is 1. The largest absolute Gasteiger partial charge is 0.444 e. The highest BCUT2D eigenvalue weighted by Crippen LogP contribution is 2.52. The van der Waals surface area contributed by atoms with Crippen LogP contribution in [0, 0.1) is 5.82 Å². The number of hydrogen-bond acceptors (Lipinski definition) is 3. The van der Waals surface area contributed by atoms with Crippen molar-refractivity contribution in [1.29, 1.82) is 0 Å². The summed E-state index contributed by atoms with van der Waals surface area (Å²) in [5.74, 6) is -0.259. The van der Waals surface area contributed by atoms with Crippen LogP contribution in [-0.2, 0) is 15.1 Å². The van der Waals surface area contributed by atoms with E-state index < -0.39 is 11.2 Å². The Hall–Kier alpha value is -1.62. The molecule has 0 radical (unpaired) electrons. The fraction of sp³-hybridized carbons (Fsp3) is 0.562. The van der Waals surface area contributed by atoms with Crippen molar-refractivity contribution in [3.05, 3.63) is 35.6 Å². The summed E-state index contributed by atoms with van der Waals surface area (Å²) >= 11 is 0. The lowest BCUT2D eigenvalue weighted by molar-refractivity contribution is 0.0217. The number of ether oxygens (including phenoxy) is 2. The Bertz CT molecular complexity index is 569. The van der Waals surface area contributed by atoms with Gasteiger partial charge in [0.1, 0.15) is 23.1 Å². The average Bonchev–Trinajstić information content (AvgIpc) is 3.11. The lowest BCUT2D eigenvalue weighted by Crippen LogP contribution is -2.44. The molecule has 2 unspecified atom stereocenters. The van der Waals surface area contributed by atoms with Crippen molar-refractivity contribution in [1.82, 2.24) is 4.90 Å². The second-order valence-corrected chi connectivity index (χ2v) is 6.68. The van der Waals surface area contributed by atoms with E-state index >= 15 is 0 Å². The Labute approximate surface area is 123 Å². The Balaban J connectivity index is 1.67. The number of rotatable bonds is 1. The number of fused-ring (bicyclic) bond motifs is 1. The first kappa shape index (κ1) is 14.3. The summed E-state index contributed by atoms with van der Waals surface area (Å²) in [5, 5.41) is 0. The van der Waals surface area contributed by atoms with Crippen molar-refractivity contribution in [3.63, 3.8) is 0 Å². The van der Waals surface area contributed by atoms with Gasteiger partial charge in [0.15, 0.2) is 0 Å². The van der Waals surface area contributed by atoms with Gasteiger partial charge in [0.2, 0.25) is 0 Å². The lowest BCUT2D eigenvalue weighted by Gasteiger charge is -2.31. The maximum Gasteiger partial charge on any atom is 0.410 e. The third-order valence-electron chi connectivity index (χ3n) is 3.92. The Morgan fingerprint density at radius 3 is 2.86 bits per heavy atom. The van der Waals surface area contributed by atoms with Crippen molar-refractivity contribution in [2.45, 2.75) is 44.5 Å². The minimum Gasteiger partial charge on any atom is -0.444 e. The summed E-state index contributed by atoms with van der Waals surface area (Å²) in [6.45, 7) is 6.59. The fourth-order valence-electron chi connectivity index (χ4n) is 2.86. The SMILES string of the molecule is CC(C)(C)OC(=O)N1CCC2(c3cccc(F)c3)OC2C1. The van der Waals surface area contributed by atoms with E-state index in [1.807, 2.05) is 26.8 Å². The molecule has 0 N–H and O–H groups in total. The number of epoxide rings is 1. The molecular weight excluding hydrogens is 273 g/mol. The highest BCUT2D eigenvalue weighted by atomic mass is 19.1. The minimum atomic E-state index is -0.501. The molecule has 2 atom stereocenters. The molecule has 1 aromatic carbocycles. The van der Waals surface area contributed by atoms with Crippen molar-refractivity contribution in [2.75, 3.05) is 13.1 Å². The molecule has 114 valence electrons. The molecule has 3 rings (SSSR count). The molecule has 2 saturated heterocycles. The molecule has 1 aromatic rings. The van der Waals surface area contributed by atoms with E-state index in [0.29, 0.717) is 19.5 Å². The molecule has 2 heterocycles. The van der Waals surface area contributed by atoms with Crippen molar-refractivity contribution >= 4 is 6.09 Å². The van der Waals surface area contributed by atoms with Gasteiger partial charge < -0.3 is 14.4 Å². The number of halogens is 1. The fourth-order valence-corrected chi connectivity index (χ4v) is 2.86. The van der Waals surface area contributed by atoms with Crippen LogP contribution in [0.15, 0.2) is 24.3 Å². The van der Waals surface area contributed by atoms with E-state index in [1.54, 1.807) is 11.0 Å². The molecule has 2 aliphatic heterocycles. The predicted molar refractivity (Wildman–Crippen MR) is 75.4 cm³/mol. The molecule has 5 heteroatoms. The first-order chi connectivity index (χ1) is 9.80. The smallest absolute Gasteiger partial charge is 0.410 e. The van der Waals surface area contributed by atoms with E-state index in [0.717, 1.165) is 5.56 Å². The van der Waals surface area contributed by atoms with Crippen LogP contribution in [0.25, 0.3) is 0 Å². The second-order valence-electron chi connectivity index (χ2n) is 6.68. The number of carbonyl (C=O) groups is 1. The van der Waals surface area contributed by atoms with Crippen LogP contribution < -0.4 is 0 Å². The van der Waals surface area contributed by atoms with Gasteiger partial charge in [0.05, 0.1) is 6.54 Å². The summed E-state index contributed by atoms with van der Waals surface area (Å²) in [6, 6.07) is 6.51. The zero-order valence-electron chi connectivity index (χ0n) is 12.6. The maximum atomic E-state index is 13.4. The topological polar surface area (TPSA) is 42.1 Å². The molecule has 2 aliphatic rings. The predicted octanol–water partition coefficient (Wildman–Crippen LogP) is 3.06. The summed E-state index contributed by atoms with van der Waals surface area (Å²) in [7, 11) is 0. The van der Waals surface area contributed by atoms with Crippen LogP contribution in [0.3, 0.4) is 0 Å². The highest BCUT2D eigenvalue weighted by Gasteiger charge is 2.60. The van der Waals surface area contributed by atoms with Crippen LogP contribution in [0.4, 0.5) is 9.18 Å². The monoisotopic (exact) mass is 293 g/mol. The van der Waals surface area contributed by atoms with Crippen molar-refractivity contribution < 1.29 is 18.7 Å². The molecule has 21 heavy (non-hydrogen) atoms. The van der Waals surface area contributed by atoms with Crippen LogP contribution in [0.5, 0.6) is 0 Å². The molecule has 1 amide bonds. The van der Waals surface area contributed by atoms with Crippen LogP contribution in [0.2, 0.25) is 0 Å². The van der Waals surface area contributed by atoms with Gasteiger partial charge in [0, 0.05) is 13.0 Å². The number of hydrogen-bond donors (Lipinski definition) is 0. The third-order valence-corrected chi connectivity index (χ3v) is 3.92. The summed E-state index contributed by atoms with van der Waals surface area (Å²) in [5.41, 5.74) is -0.0597. The van der Waals surface area contributed by atoms with E-state index in [2.05, 4.69) is 0 Å². The number of carbonyl (C=O) groups excluding carboxylic acids is 1. The van der Waals surface area contributed by atoms with Crippen molar-refractivity contribution in [2.24, 2.45) is 0 Å². The number of piperidine rings is 1. The third kappa shape index (κ3) is 2.75. The zero-order chi connectivity index (χ0) is 15.3. The van der Waals surface area contributed by atoms with Crippen LogP contribution in [-0.4, -0.2) is 35.8 Å². The highest BCUT2D eigenvalue weighted by molar-refractivity contribution is 5.68. The first-order valence-corrected chi connectivity index (χ1v) is 7.22. The molecular formula is C16H20FNO3. The molecule has 0 aromatic heterocycles. The number of benzene rings is 1. The van der Waals surface area contributed by atoms with Gasteiger partial charge in [-0.05, 0) is 38.5 Å². The van der Waals surface area contributed by atoms with Crippen LogP contribution >= 0.6 is 0 Å². The average molecular weight is 293 g/mol. The minimum absolute atomic E-state index is 0.0689. The normalized spacial score (nSPS) is 28.0. The van der Waals surface area contributed by atoms with Gasteiger partial charge in [-0.3, -0.25) is 0 Å². The Morgan fingerprint density at radius 2 is 2.24 bits per heavy atom. The van der Waals surface area contributed by atoms with Gasteiger partial charge in [-0.25, -0.2) is 9.18 Å². The van der Waals surface area contributed by atoms with E-state index in [4.69, 9.17) is 9.47 Å². The molecule has 2 fully saturated rings. The lowest BCUT2D eigenvalue weighted by atomic mass is 9.89. The summed E-state index contributed by atoms with van der Waals surface area (Å²) in [6.07, 6.45) is 0.284. The quantitative estimate of drug-likeness (QED) is 0.747. The van der Waals surface area contributed by atoms with E-state index in [-0.39, 0.29) is 18.0 Å². The van der Waals surface area contributed by atoms with Crippen LogP contribution in [0.1, 0.15) is 32.8 Å². The van der Waals surface area contributed by atoms with Crippen molar-refractivity contribution in [3.8, 4) is 0 Å². The van der Waals surface area contributed by atoms with E-state index in [1.165, 1.54) is 12.1 Å². The van der Waals surface area contributed by atoms with Gasteiger partial charge >= 0.3 is 6.09 Å². The number of nitrogens with zero attached hydrogens (tertiary/aromatic N) is 1. The standard InChI is InChI=1S/C16H20FNO3/c1-15(2,3)21-14(19)18-8-7-16(13(10-18)20-16)11-5-4-6-12(17)9-11/h4-6,9,13H,7-8,10H2,1-3H3. The molecule has 4 nitrogen and oxygen atoms in total. The Kier molecular flexibility index (Phi) is 3.20. The summed E-state index contributed by atoms with van der Waals surface area (Å²) in [4.78, 5) is 13.7. The summed E-state index contributed by atoms with van der Waals surface area (Å²) < 4.78 is 24.5. The number of amides is 1. The van der Waals surface area contributed by atoms with E-state index in [9.17, 15) is 9.18 Å². The maximum absolute atomic E-state index is 13.4. The molecule has 0 bridgehead atoms. The van der Waals surface area contributed by atoms with Gasteiger partial charge in [-0.2, -0.15) is 0 Å². The Morgan fingerprint density at radius 1 is 1.48 bits per heavy atom. The van der Waals surface area contributed by atoms with Gasteiger partial charge in [0.25, 0.3) is 0 Å². The molecule has 0 saturated carbocycles. The van der Waals surface area contributed by atoms with Gasteiger partial charge in [-0.15, -0.1) is 0 Å². The zero-order valence-corrected chi connectivity index (χ0v) is 12.6. The molecule has 0 spiro atoms. The molecule has 0 aliphatic carbocycles. The second kappa shape index (κ2) is 4.70.